The zero-order valence-electron chi connectivity index (χ0n) is 16.7. The summed E-state index contributed by atoms with van der Waals surface area (Å²) in [5.74, 6) is 1.42. The number of Topliss-reactive ketones (excluding diaryl/α,β-unsaturated/α-hetero) is 1. The highest BCUT2D eigenvalue weighted by molar-refractivity contribution is 6.14. The number of aliphatic imine (C=N–C) groups is 1. The summed E-state index contributed by atoms with van der Waals surface area (Å²) in [5, 5.41) is 3.51. The van der Waals surface area contributed by atoms with Crippen LogP contribution in [0.1, 0.15) is 42.7 Å². The van der Waals surface area contributed by atoms with Crippen molar-refractivity contribution in [3.8, 4) is 0 Å². The number of carbonyl (C=O) groups excluding carboxylic acids is 1. The number of aromatic nitrogens is 1. The molecule has 3 heterocycles. The average Bonchev–Trinajstić information content (AvgIpc) is 3.41. The van der Waals surface area contributed by atoms with Crippen LogP contribution in [0, 0.1) is 11.8 Å². The number of nitrogens with zero attached hydrogens (tertiary/aromatic N) is 2. The predicted molar refractivity (Wildman–Crippen MR) is 115 cm³/mol. The van der Waals surface area contributed by atoms with E-state index >= 15 is 0 Å². The van der Waals surface area contributed by atoms with E-state index in [0.717, 1.165) is 50.2 Å². The molecule has 5 rings (SSSR count). The van der Waals surface area contributed by atoms with Gasteiger partial charge in [-0.25, -0.2) is 0 Å². The lowest BCUT2D eigenvalue weighted by Gasteiger charge is -2.26. The molecule has 0 saturated carbocycles. The monoisotopic (exact) mass is 385 g/mol. The van der Waals surface area contributed by atoms with Gasteiger partial charge in [0, 0.05) is 42.8 Å². The van der Waals surface area contributed by atoms with Crippen LogP contribution in [0.5, 0.6) is 0 Å². The minimum absolute atomic E-state index is 0.135. The third-order valence-electron chi connectivity index (χ3n) is 6.83. The van der Waals surface area contributed by atoms with Crippen LogP contribution in [-0.2, 0) is 4.79 Å². The van der Waals surface area contributed by atoms with Crippen molar-refractivity contribution in [2.75, 3.05) is 19.6 Å². The Kier molecular flexibility index (Phi) is 5.11. The molecule has 1 N–H and O–H groups in total. The van der Waals surface area contributed by atoms with Gasteiger partial charge in [0.05, 0.1) is 12.3 Å². The highest BCUT2D eigenvalue weighted by Gasteiger charge is 2.35. The molecule has 29 heavy (non-hydrogen) atoms. The van der Waals surface area contributed by atoms with E-state index in [1.165, 1.54) is 16.7 Å². The number of pyridine rings is 1. The van der Waals surface area contributed by atoms with Crippen molar-refractivity contribution in [1.29, 1.82) is 0 Å². The first-order chi connectivity index (χ1) is 14.3. The normalized spacial score (nSPS) is 26.3. The molecule has 148 valence electrons. The zero-order valence-corrected chi connectivity index (χ0v) is 16.7. The fourth-order valence-electron chi connectivity index (χ4n) is 5.21. The minimum Gasteiger partial charge on any atom is -0.316 e. The smallest absolute Gasteiger partial charge is 0.136 e. The van der Waals surface area contributed by atoms with Crippen molar-refractivity contribution in [3.63, 3.8) is 0 Å². The van der Waals surface area contributed by atoms with Gasteiger partial charge in [-0.2, -0.15) is 0 Å². The second kappa shape index (κ2) is 8.03. The summed E-state index contributed by atoms with van der Waals surface area (Å²) >= 11 is 0. The Morgan fingerprint density at radius 2 is 1.90 bits per heavy atom. The van der Waals surface area contributed by atoms with Crippen LogP contribution < -0.4 is 5.32 Å². The second-order valence-corrected chi connectivity index (χ2v) is 8.53. The SMILES string of the molecule is O=C(C[C@H]1CNC[C@@H]1c1ccccc1)[C@H]1CCC2=C(C1)C(c1ccncc1)=NC2. The maximum absolute atomic E-state index is 13.3. The van der Waals surface area contributed by atoms with Gasteiger partial charge in [0.15, 0.2) is 0 Å². The van der Waals surface area contributed by atoms with Gasteiger partial charge in [-0.3, -0.25) is 14.8 Å². The summed E-state index contributed by atoms with van der Waals surface area (Å²) in [7, 11) is 0. The van der Waals surface area contributed by atoms with Crippen LogP contribution in [0.15, 0.2) is 71.0 Å². The van der Waals surface area contributed by atoms with Crippen LogP contribution in [0.2, 0.25) is 0 Å². The van der Waals surface area contributed by atoms with Crippen molar-refractivity contribution >= 4 is 11.5 Å². The van der Waals surface area contributed by atoms with Gasteiger partial charge in [0.2, 0.25) is 0 Å². The molecular formula is C25H27N3O. The number of nitrogens with one attached hydrogen (secondary N) is 1. The van der Waals surface area contributed by atoms with Gasteiger partial charge in [0.1, 0.15) is 5.78 Å². The van der Waals surface area contributed by atoms with Crippen LogP contribution >= 0.6 is 0 Å². The molecule has 2 aromatic rings. The lowest BCUT2D eigenvalue weighted by molar-refractivity contribution is -0.124. The molecular weight excluding hydrogens is 358 g/mol. The molecule has 0 amide bonds. The number of ketones is 1. The molecule has 0 spiro atoms. The van der Waals surface area contributed by atoms with Crippen LogP contribution in [0.3, 0.4) is 0 Å². The summed E-state index contributed by atoms with van der Waals surface area (Å²) in [4.78, 5) is 22.2. The third kappa shape index (κ3) is 3.69. The Balaban J connectivity index is 1.28. The Hall–Kier alpha value is -2.59. The summed E-state index contributed by atoms with van der Waals surface area (Å²) in [6, 6.07) is 14.7. The van der Waals surface area contributed by atoms with Crippen LogP contribution in [0.25, 0.3) is 0 Å². The molecule has 4 nitrogen and oxygen atoms in total. The van der Waals surface area contributed by atoms with Crippen molar-refractivity contribution in [1.82, 2.24) is 10.3 Å². The second-order valence-electron chi connectivity index (χ2n) is 8.53. The number of benzene rings is 1. The molecule has 1 saturated heterocycles. The Morgan fingerprint density at radius 3 is 2.72 bits per heavy atom. The van der Waals surface area contributed by atoms with Gasteiger partial charge in [-0.15, -0.1) is 0 Å². The first kappa shape index (κ1) is 18.4. The topological polar surface area (TPSA) is 54.4 Å². The van der Waals surface area contributed by atoms with Crippen molar-refractivity contribution in [2.45, 2.75) is 31.6 Å². The highest BCUT2D eigenvalue weighted by atomic mass is 16.1. The lowest BCUT2D eigenvalue weighted by atomic mass is 9.76. The quantitative estimate of drug-likeness (QED) is 0.848. The zero-order chi connectivity index (χ0) is 19.6. The van der Waals surface area contributed by atoms with E-state index in [4.69, 9.17) is 4.99 Å². The van der Waals surface area contributed by atoms with E-state index in [-0.39, 0.29) is 5.92 Å². The van der Waals surface area contributed by atoms with Crippen LogP contribution in [0.4, 0.5) is 0 Å². The number of hydrogen-bond acceptors (Lipinski definition) is 4. The first-order valence-corrected chi connectivity index (χ1v) is 10.7. The molecule has 1 fully saturated rings. The molecule has 0 radical (unpaired) electrons. The maximum Gasteiger partial charge on any atom is 0.136 e. The molecule has 3 aliphatic rings. The number of allylic oxidation sites excluding steroid dienone is 1. The minimum atomic E-state index is 0.135. The molecule has 2 aliphatic heterocycles. The Morgan fingerprint density at radius 1 is 1.07 bits per heavy atom. The summed E-state index contributed by atoms with van der Waals surface area (Å²) in [6.45, 7) is 2.72. The van der Waals surface area contributed by atoms with Gasteiger partial charge < -0.3 is 5.32 Å². The van der Waals surface area contributed by atoms with Crippen molar-refractivity contribution in [2.24, 2.45) is 16.8 Å². The first-order valence-electron chi connectivity index (χ1n) is 10.7. The molecule has 1 aliphatic carbocycles. The Bertz CT molecular complexity index is 949. The maximum atomic E-state index is 13.3. The van der Waals surface area contributed by atoms with Crippen molar-refractivity contribution in [3.05, 3.63) is 77.1 Å². The molecule has 0 unspecified atom stereocenters. The summed E-state index contributed by atoms with van der Waals surface area (Å²) < 4.78 is 0. The van der Waals surface area contributed by atoms with Gasteiger partial charge in [-0.05, 0) is 60.6 Å². The lowest BCUT2D eigenvalue weighted by Crippen LogP contribution is -2.25. The van der Waals surface area contributed by atoms with E-state index in [1.807, 2.05) is 24.5 Å². The average molecular weight is 386 g/mol. The fraction of sp³-hybridized carbons (Fsp3) is 0.400. The Labute approximate surface area is 172 Å². The van der Waals surface area contributed by atoms with Gasteiger partial charge in [0.25, 0.3) is 0 Å². The molecule has 3 atom stereocenters. The molecule has 1 aromatic heterocycles. The van der Waals surface area contributed by atoms with E-state index in [1.54, 1.807) is 0 Å². The highest BCUT2D eigenvalue weighted by Crippen LogP contribution is 2.38. The van der Waals surface area contributed by atoms with E-state index in [2.05, 4.69) is 40.6 Å². The third-order valence-corrected chi connectivity index (χ3v) is 6.83. The van der Waals surface area contributed by atoms with Gasteiger partial charge >= 0.3 is 0 Å². The summed E-state index contributed by atoms with van der Waals surface area (Å²) in [6.07, 6.45) is 7.16. The van der Waals surface area contributed by atoms with Crippen LogP contribution in [-0.4, -0.2) is 36.1 Å². The number of carbonyl (C=O) groups is 1. The molecule has 4 heteroatoms. The molecule has 1 aromatic carbocycles. The van der Waals surface area contributed by atoms with E-state index in [9.17, 15) is 4.79 Å². The predicted octanol–water partition coefficient (Wildman–Crippen LogP) is 3.94. The number of hydrogen-bond donors (Lipinski definition) is 1. The molecule has 0 bridgehead atoms. The largest absolute Gasteiger partial charge is 0.316 e. The van der Waals surface area contributed by atoms with E-state index in [0.29, 0.717) is 24.0 Å². The van der Waals surface area contributed by atoms with Gasteiger partial charge in [-0.1, -0.05) is 30.3 Å². The summed E-state index contributed by atoms with van der Waals surface area (Å²) in [5.41, 5.74) is 6.33. The van der Waals surface area contributed by atoms with Crippen molar-refractivity contribution < 1.29 is 4.79 Å². The number of rotatable bonds is 5. The fourth-order valence-corrected chi connectivity index (χ4v) is 5.21. The van der Waals surface area contributed by atoms with E-state index < -0.39 is 0 Å². The standard InChI is InChI=1S/C25H27N3O/c29-24(13-21-14-27-16-23(21)17-4-2-1-3-5-17)19-6-7-20-15-28-25(22(20)12-19)18-8-10-26-11-9-18/h1-5,8-11,19,21,23,27H,6-7,12-16H2/t19-,21-,23+/m0/s1.